The Kier molecular flexibility index (Phi) is 7.62. The second kappa shape index (κ2) is 9.93. The quantitative estimate of drug-likeness (QED) is 0.255. The molecule has 7 heteroatoms. The number of hydrogen-bond acceptors (Lipinski definition) is 5. The third-order valence-corrected chi connectivity index (χ3v) is 4.81. The minimum absolute atomic E-state index is 0.333. The molecule has 2 rings (SSSR count). The average Bonchev–Trinajstić information content (AvgIpc) is 2.93. The van der Waals surface area contributed by atoms with Gasteiger partial charge in [-0.15, -0.1) is 0 Å². The van der Waals surface area contributed by atoms with Crippen LogP contribution < -0.4 is 9.64 Å². The number of allylic oxidation sites excluding steroid dienone is 1. The molecule has 0 N–H and O–H groups in total. The number of methoxy groups -OCH3 is 1. The van der Waals surface area contributed by atoms with E-state index in [-0.39, 0.29) is 0 Å². The van der Waals surface area contributed by atoms with Crippen LogP contribution in [-0.2, 0) is 0 Å². The van der Waals surface area contributed by atoms with Crippen molar-refractivity contribution in [1.29, 1.82) is 5.26 Å². The van der Waals surface area contributed by atoms with Crippen molar-refractivity contribution in [2.45, 2.75) is 13.3 Å². The predicted molar refractivity (Wildman–Crippen MR) is 114 cm³/mol. The number of ether oxygens (including phenoxy) is 1. The molecule has 1 aliphatic rings. The van der Waals surface area contributed by atoms with Crippen molar-refractivity contribution < 1.29 is 4.74 Å². The molecule has 0 saturated carbocycles. The molecule has 1 heterocycles. The van der Waals surface area contributed by atoms with Crippen LogP contribution in [0, 0.1) is 11.3 Å². The number of rotatable bonds is 5. The van der Waals surface area contributed by atoms with Gasteiger partial charge in [0.15, 0.2) is 0 Å². The summed E-state index contributed by atoms with van der Waals surface area (Å²) in [5, 5.41) is 9.58. The monoisotopic (exact) mass is 385 g/mol. The first-order chi connectivity index (χ1) is 13.0. The van der Waals surface area contributed by atoms with E-state index in [9.17, 15) is 5.26 Å². The van der Waals surface area contributed by atoms with Crippen molar-refractivity contribution in [3.05, 3.63) is 35.5 Å². The summed E-state index contributed by atoms with van der Waals surface area (Å²) in [6.45, 7) is 5.54. The van der Waals surface area contributed by atoms with Crippen LogP contribution in [0.1, 0.15) is 13.3 Å². The molecular formula is C20H27N5OS. The maximum atomic E-state index is 9.58. The first kappa shape index (κ1) is 20.7. The maximum absolute atomic E-state index is 9.58. The zero-order valence-corrected chi connectivity index (χ0v) is 17.3. The van der Waals surface area contributed by atoms with Gasteiger partial charge < -0.3 is 19.4 Å². The Bertz CT molecular complexity index is 749. The molecule has 0 spiro atoms. The third kappa shape index (κ3) is 5.69. The average molecular weight is 386 g/mol. The highest BCUT2D eigenvalue weighted by atomic mass is 32.1. The van der Waals surface area contributed by atoms with Crippen molar-refractivity contribution in [3.8, 4) is 11.8 Å². The van der Waals surface area contributed by atoms with E-state index in [0.29, 0.717) is 10.6 Å². The van der Waals surface area contributed by atoms with E-state index in [1.54, 1.807) is 18.3 Å². The summed E-state index contributed by atoms with van der Waals surface area (Å²) in [6.07, 6.45) is 2.64. The van der Waals surface area contributed by atoms with E-state index in [4.69, 9.17) is 17.0 Å². The van der Waals surface area contributed by atoms with Crippen molar-refractivity contribution >= 4 is 29.2 Å². The van der Waals surface area contributed by atoms with Gasteiger partial charge in [0.25, 0.3) is 0 Å². The Morgan fingerprint density at radius 2 is 1.93 bits per heavy atom. The topological polar surface area (TPSA) is 55.1 Å². The smallest absolute Gasteiger partial charge is 0.147 e. The van der Waals surface area contributed by atoms with Crippen LogP contribution in [0.25, 0.3) is 0 Å². The molecule has 1 aromatic carbocycles. The van der Waals surface area contributed by atoms with Crippen LogP contribution >= 0.6 is 12.2 Å². The summed E-state index contributed by atoms with van der Waals surface area (Å²) >= 11 is 5.34. The Morgan fingerprint density at radius 3 is 2.52 bits per heavy atom. The first-order valence-electron chi connectivity index (χ1n) is 8.96. The SMILES string of the molecule is COc1ccc(N2CCCN(C(C)=C(C#N)C(=S)N=CN(C)C)CC2)cc1. The van der Waals surface area contributed by atoms with Gasteiger partial charge in [0.05, 0.1) is 13.4 Å². The second-order valence-corrected chi connectivity index (χ2v) is 7.00. The summed E-state index contributed by atoms with van der Waals surface area (Å²) in [5.41, 5.74) is 2.56. The molecule has 6 nitrogen and oxygen atoms in total. The first-order valence-corrected chi connectivity index (χ1v) is 9.37. The van der Waals surface area contributed by atoms with Crippen LogP contribution in [-0.4, -0.2) is 68.5 Å². The number of aliphatic imine (C=N–C) groups is 1. The van der Waals surface area contributed by atoms with Gasteiger partial charge in [0.2, 0.25) is 0 Å². The Hall–Kier alpha value is -2.59. The van der Waals surface area contributed by atoms with Crippen molar-refractivity contribution in [2.75, 3.05) is 52.3 Å². The molecule has 0 bridgehead atoms. The summed E-state index contributed by atoms with van der Waals surface area (Å²) in [7, 11) is 5.42. The van der Waals surface area contributed by atoms with E-state index in [1.807, 2.05) is 33.2 Å². The van der Waals surface area contributed by atoms with Gasteiger partial charge in [-0.3, -0.25) is 0 Å². The normalized spacial score (nSPS) is 15.8. The van der Waals surface area contributed by atoms with Crippen molar-refractivity contribution in [3.63, 3.8) is 0 Å². The largest absolute Gasteiger partial charge is 0.497 e. The minimum atomic E-state index is 0.333. The summed E-state index contributed by atoms with van der Waals surface area (Å²) in [4.78, 5) is 10.9. The lowest BCUT2D eigenvalue weighted by Gasteiger charge is -2.26. The molecule has 144 valence electrons. The summed E-state index contributed by atoms with van der Waals surface area (Å²) < 4.78 is 5.24. The fourth-order valence-corrected chi connectivity index (χ4v) is 3.22. The van der Waals surface area contributed by atoms with Gasteiger partial charge in [-0.05, 0) is 37.6 Å². The number of anilines is 1. The Morgan fingerprint density at radius 1 is 1.22 bits per heavy atom. The number of nitrogens with zero attached hydrogens (tertiary/aromatic N) is 5. The van der Waals surface area contributed by atoms with E-state index in [1.165, 1.54) is 5.69 Å². The van der Waals surface area contributed by atoms with Crippen LogP contribution in [0.4, 0.5) is 5.69 Å². The van der Waals surface area contributed by atoms with Crippen LogP contribution in [0.2, 0.25) is 0 Å². The summed E-state index contributed by atoms with van der Waals surface area (Å²) in [6, 6.07) is 10.4. The van der Waals surface area contributed by atoms with Gasteiger partial charge in [0, 0.05) is 51.7 Å². The van der Waals surface area contributed by atoms with E-state index in [0.717, 1.165) is 44.0 Å². The van der Waals surface area contributed by atoms with Crippen LogP contribution in [0.15, 0.2) is 40.5 Å². The van der Waals surface area contributed by atoms with E-state index >= 15 is 0 Å². The molecule has 0 radical (unpaired) electrons. The molecule has 1 saturated heterocycles. The van der Waals surface area contributed by atoms with Gasteiger partial charge >= 0.3 is 0 Å². The molecule has 1 aromatic rings. The molecule has 0 amide bonds. The van der Waals surface area contributed by atoms with E-state index < -0.39 is 0 Å². The van der Waals surface area contributed by atoms with Crippen LogP contribution in [0.3, 0.4) is 0 Å². The number of nitriles is 1. The Balaban J connectivity index is 2.11. The lowest BCUT2D eigenvalue weighted by atomic mass is 10.2. The number of thiocarbonyl (C=S) groups is 1. The zero-order chi connectivity index (χ0) is 19.8. The van der Waals surface area contributed by atoms with Gasteiger partial charge in [0.1, 0.15) is 22.4 Å². The molecule has 0 unspecified atom stereocenters. The zero-order valence-electron chi connectivity index (χ0n) is 16.5. The number of benzene rings is 1. The molecule has 0 aromatic heterocycles. The number of hydrogen-bond donors (Lipinski definition) is 0. The highest BCUT2D eigenvalue weighted by Crippen LogP contribution is 2.22. The Labute approximate surface area is 167 Å². The van der Waals surface area contributed by atoms with Crippen LogP contribution in [0.5, 0.6) is 5.75 Å². The molecular weight excluding hydrogens is 358 g/mol. The molecule has 0 atom stereocenters. The second-order valence-electron chi connectivity index (χ2n) is 6.61. The standard InChI is InChI=1S/C20H27N5OS/c1-16(19(14-21)20(27)22-15-23(2)3)24-10-5-11-25(13-12-24)17-6-8-18(26-4)9-7-17/h6-9,15H,5,10-13H2,1-4H3. The third-order valence-electron chi connectivity index (χ3n) is 4.50. The molecule has 1 aliphatic heterocycles. The lowest BCUT2D eigenvalue weighted by molar-refractivity contribution is 0.369. The summed E-state index contributed by atoms with van der Waals surface area (Å²) in [5.74, 6) is 0.861. The minimum Gasteiger partial charge on any atom is -0.497 e. The lowest BCUT2D eigenvalue weighted by Crippen LogP contribution is -2.30. The maximum Gasteiger partial charge on any atom is 0.147 e. The fourth-order valence-electron chi connectivity index (χ4n) is 2.98. The van der Waals surface area contributed by atoms with E-state index in [2.05, 4.69) is 33.0 Å². The predicted octanol–water partition coefficient (Wildman–Crippen LogP) is 2.92. The fraction of sp³-hybridized carbons (Fsp3) is 0.450. The molecule has 1 fully saturated rings. The van der Waals surface area contributed by atoms with Crippen molar-refractivity contribution in [2.24, 2.45) is 4.99 Å². The van der Waals surface area contributed by atoms with Crippen molar-refractivity contribution in [1.82, 2.24) is 9.80 Å². The highest BCUT2D eigenvalue weighted by Gasteiger charge is 2.19. The molecule has 27 heavy (non-hydrogen) atoms. The highest BCUT2D eigenvalue weighted by molar-refractivity contribution is 7.80. The van der Waals surface area contributed by atoms with Gasteiger partial charge in [-0.25, -0.2) is 4.99 Å². The van der Waals surface area contributed by atoms with Gasteiger partial charge in [-0.2, -0.15) is 5.26 Å². The van der Waals surface area contributed by atoms with Gasteiger partial charge in [-0.1, -0.05) is 12.2 Å². The molecule has 0 aliphatic carbocycles.